The molecule has 0 aliphatic heterocycles. The maximum absolute atomic E-state index is 10.9. The molecule has 3 rings (SSSR count). The summed E-state index contributed by atoms with van der Waals surface area (Å²) in [4.78, 5) is 15.3. The van der Waals surface area contributed by atoms with Gasteiger partial charge < -0.3 is 5.11 Å². The number of fused-ring (bicyclic) bond motifs is 1. The van der Waals surface area contributed by atoms with Crippen molar-refractivity contribution in [2.45, 2.75) is 0 Å². The van der Waals surface area contributed by atoms with Crippen molar-refractivity contribution in [3.05, 3.63) is 48.2 Å². The van der Waals surface area contributed by atoms with Crippen LogP contribution in [-0.2, 0) is 0 Å². The summed E-state index contributed by atoms with van der Waals surface area (Å²) < 4.78 is 0. The third kappa shape index (κ3) is 1.71. The summed E-state index contributed by atoms with van der Waals surface area (Å²) in [6.07, 6.45) is 1.65. The summed E-state index contributed by atoms with van der Waals surface area (Å²) in [5.41, 5.74) is 2.43. The van der Waals surface area contributed by atoms with Crippen molar-refractivity contribution >= 4 is 16.9 Å². The van der Waals surface area contributed by atoms with Crippen LogP contribution in [0.4, 0.5) is 0 Å². The Bertz CT molecular complexity index is 720. The van der Waals surface area contributed by atoms with Gasteiger partial charge in [-0.2, -0.15) is 5.10 Å². The minimum atomic E-state index is -0.953. The number of aromatic nitrogens is 3. The lowest BCUT2D eigenvalue weighted by Crippen LogP contribution is -1.96. The Labute approximate surface area is 102 Å². The summed E-state index contributed by atoms with van der Waals surface area (Å²) >= 11 is 0. The minimum absolute atomic E-state index is 0.233. The third-order valence-electron chi connectivity index (χ3n) is 2.72. The van der Waals surface area contributed by atoms with Crippen LogP contribution < -0.4 is 0 Å². The normalized spacial score (nSPS) is 10.7. The van der Waals surface area contributed by atoms with Crippen LogP contribution in [0.15, 0.2) is 42.6 Å². The molecule has 0 aliphatic carbocycles. The van der Waals surface area contributed by atoms with Crippen LogP contribution in [0.2, 0.25) is 0 Å². The van der Waals surface area contributed by atoms with Gasteiger partial charge in [0.05, 0.1) is 22.5 Å². The van der Waals surface area contributed by atoms with Crippen molar-refractivity contribution in [3.63, 3.8) is 0 Å². The van der Waals surface area contributed by atoms with E-state index in [1.54, 1.807) is 24.4 Å². The van der Waals surface area contributed by atoms with E-state index >= 15 is 0 Å². The predicted molar refractivity (Wildman–Crippen MR) is 66.3 cm³/mol. The SMILES string of the molecule is O=C(O)c1ccc2ccc(-c3ccn[nH]3)nc2c1. The van der Waals surface area contributed by atoms with E-state index in [1.165, 1.54) is 0 Å². The number of carbonyl (C=O) groups is 1. The molecule has 3 aromatic rings. The molecular weight excluding hydrogens is 230 g/mol. The molecule has 0 bridgehead atoms. The Morgan fingerprint density at radius 3 is 2.72 bits per heavy atom. The fraction of sp³-hybridized carbons (Fsp3) is 0. The molecule has 0 saturated heterocycles. The van der Waals surface area contributed by atoms with E-state index in [2.05, 4.69) is 15.2 Å². The van der Waals surface area contributed by atoms with Gasteiger partial charge in [-0.25, -0.2) is 9.78 Å². The molecule has 2 N–H and O–H groups in total. The number of carboxylic acid groups (broad SMARTS) is 1. The molecule has 88 valence electrons. The lowest BCUT2D eigenvalue weighted by Gasteiger charge is -2.02. The van der Waals surface area contributed by atoms with Crippen LogP contribution in [0.5, 0.6) is 0 Å². The fourth-order valence-corrected chi connectivity index (χ4v) is 1.80. The first-order valence-corrected chi connectivity index (χ1v) is 5.38. The molecule has 2 heterocycles. The number of nitrogens with one attached hydrogen (secondary N) is 1. The van der Waals surface area contributed by atoms with E-state index in [1.807, 2.05) is 18.2 Å². The highest BCUT2D eigenvalue weighted by molar-refractivity contribution is 5.93. The van der Waals surface area contributed by atoms with Crippen LogP contribution in [0.25, 0.3) is 22.3 Å². The zero-order valence-corrected chi connectivity index (χ0v) is 9.29. The number of carboxylic acids is 1. The topological polar surface area (TPSA) is 78.9 Å². The Kier molecular flexibility index (Phi) is 2.30. The minimum Gasteiger partial charge on any atom is -0.478 e. The molecule has 0 aliphatic rings. The van der Waals surface area contributed by atoms with E-state index < -0.39 is 5.97 Å². The number of hydrogen-bond acceptors (Lipinski definition) is 3. The third-order valence-corrected chi connectivity index (χ3v) is 2.72. The number of aromatic carboxylic acids is 1. The molecule has 0 radical (unpaired) electrons. The Balaban J connectivity index is 2.18. The van der Waals surface area contributed by atoms with E-state index in [4.69, 9.17) is 5.11 Å². The highest BCUT2D eigenvalue weighted by Gasteiger charge is 2.06. The summed E-state index contributed by atoms with van der Waals surface area (Å²) in [6.45, 7) is 0. The number of rotatable bonds is 2. The molecule has 18 heavy (non-hydrogen) atoms. The van der Waals surface area contributed by atoms with Gasteiger partial charge in [0.2, 0.25) is 0 Å². The Morgan fingerprint density at radius 1 is 1.17 bits per heavy atom. The first kappa shape index (κ1) is 10.5. The number of nitrogens with zero attached hydrogens (tertiary/aromatic N) is 2. The van der Waals surface area contributed by atoms with E-state index in [0.717, 1.165) is 16.8 Å². The molecule has 2 aromatic heterocycles. The van der Waals surface area contributed by atoms with Crippen LogP contribution >= 0.6 is 0 Å². The molecule has 5 nitrogen and oxygen atoms in total. The van der Waals surface area contributed by atoms with Gasteiger partial charge in [0, 0.05) is 11.6 Å². The quantitative estimate of drug-likeness (QED) is 0.719. The largest absolute Gasteiger partial charge is 0.478 e. The monoisotopic (exact) mass is 239 g/mol. The van der Waals surface area contributed by atoms with Gasteiger partial charge >= 0.3 is 5.97 Å². The van der Waals surface area contributed by atoms with Crippen molar-refractivity contribution in [3.8, 4) is 11.4 Å². The smallest absolute Gasteiger partial charge is 0.335 e. The number of H-pyrrole nitrogens is 1. The second kappa shape index (κ2) is 3.96. The molecule has 0 fully saturated rings. The lowest BCUT2D eigenvalue weighted by molar-refractivity contribution is 0.0697. The average molecular weight is 239 g/mol. The van der Waals surface area contributed by atoms with Gasteiger partial charge in [0.1, 0.15) is 0 Å². The van der Waals surface area contributed by atoms with E-state index in [-0.39, 0.29) is 5.56 Å². The maximum Gasteiger partial charge on any atom is 0.335 e. The van der Waals surface area contributed by atoms with Gasteiger partial charge in [0.15, 0.2) is 0 Å². The van der Waals surface area contributed by atoms with Gasteiger partial charge in [-0.1, -0.05) is 12.1 Å². The van der Waals surface area contributed by atoms with Crippen LogP contribution in [0.1, 0.15) is 10.4 Å². The standard InChI is InChI=1S/C13H9N3O2/c17-13(18)9-2-1-8-3-4-10(15-12(8)7-9)11-5-6-14-16-11/h1-7H,(H,14,16)(H,17,18). The van der Waals surface area contributed by atoms with Crippen LogP contribution in [-0.4, -0.2) is 26.3 Å². The van der Waals surface area contributed by atoms with E-state index in [9.17, 15) is 4.79 Å². The highest BCUT2D eigenvalue weighted by atomic mass is 16.4. The Hall–Kier alpha value is -2.69. The first-order valence-electron chi connectivity index (χ1n) is 5.38. The van der Waals surface area contributed by atoms with Crippen molar-refractivity contribution < 1.29 is 9.90 Å². The van der Waals surface area contributed by atoms with Crippen LogP contribution in [0, 0.1) is 0 Å². The zero-order chi connectivity index (χ0) is 12.5. The number of aromatic amines is 1. The second-order valence-corrected chi connectivity index (χ2v) is 3.88. The number of hydrogen-bond donors (Lipinski definition) is 2. The van der Waals surface area contributed by atoms with E-state index in [0.29, 0.717) is 5.52 Å². The van der Waals surface area contributed by atoms with Gasteiger partial charge in [-0.3, -0.25) is 5.10 Å². The van der Waals surface area contributed by atoms with Gasteiger partial charge in [-0.15, -0.1) is 0 Å². The van der Waals surface area contributed by atoms with Crippen molar-refractivity contribution in [1.82, 2.24) is 15.2 Å². The fourth-order valence-electron chi connectivity index (χ4n) is 1.80. The van der Waals surface area contributed by atoms with Crippen molar-refractivity contribution in [2.24, 2.45) is 0 Å². The Morgan fingerprint density at radius 2 is 2.00 bits per heavy atom. The molecule has 0 unspecified atom stereocenters. The predicted octanol–water partition coefficient (Wildman–Crippen LogP) is 2.32. The average Bonchev–Trinajstić information content (AvgIpc) is 2.91. The van der Waals surface area contributed by atoms with Crippen molar-refractivity contribution in [2.75, 3.05) is 0 Å². The molecular formula is C13H9N3O2. The molecule has 1 aromatic carbocycles. The summed E-state index contributed by atoms with van der Waals surface area (Å²) in [7, 11) is 0. The summed E-state index contributed by atoms with van der Waals surface area (Å²) in [6, 6.07) is 10.5. The first-order chi connectivity index (χ1) is 8.74. The summed E-state index contributed by atoms with van der Waals surface area (Å²) in [5.74, 6) is -0.953. The molecule has 0 saturated carbocycles. The second-order valence-electron chi connectivity index (χ2n) is 3.88. The summed E-state index contributed by atoms with van der Waals surface area (Å²) in [5, 5.41) is 16.6. The highest BCUT2D eigenvalue weighted by Crippen LogP contribution is 2.20. The zero-order valence-electron chi connectivity index (χ0n) is 9.29. The number of pyridine rings is 1. The van der Waals surface area contributed by atoms with Crippen molar-refractivity contribution in [1.29, 1.82) is 0 Å². The molecule has 0 spiro atoms. The van der Waals surface area contributed by atoms with Gasteiger partial charge in [0.25, 0.3) is 0 Å². The van der Waals surface area contributed by atoms with Gasteiger partial charge in [-0.05, 0) is 24.3 Å². The molecule has 5 heteroatoms. The molecule has 0 amide bonds. The lowest BCUT2D eigenvalue weighted by atomic mass is 10.1. The van der Waals surface area contributed by atoms with Crippen LogP contribution in [0.3, 0.4) is 0 Å². The molecule has 0 atom stereocenters. The number of benzene rings is 1. The maximum atomic E-state index is 10.9.